The van der Waals surface area contributed by atoms with Gasteiger partial charge < -0.3 is 15.4 Å². The Hall–Kier alpha value is -2.60. The van der Waals surface area contributed by atoms with Crippen LogP contribution < -0.4 is 15.4 Å². The van der Waals surface area contributed by atoms with Crippen molar-refractivity contribution in [3.8, 4) is 17.0 Å². The average Bonchev–Trinajstić information content (AvgIpc) is 3.20. The highest BCUT2D eigenvalue weighted by atomic mass is 32.2. The molecule has 2 N–H and O–H groups in total. The third-order valence-corrected chi connectivity index (χ3v) is 5.34. The lowest BCUT2D eigenvalue weighted by atomic mass is 10.0. The van der Waals surface area contributed by atoms with Crippen LogP contribution in [0.3, 0.4) is 0 Å². The topological polar surface area (TPSA) is 51.1 Å². The molecule has 1 aliphatic heterocycles. The van der Waals surface area contributed by atoms with Crippen LogP contribution in [-0.2, 0) is 0 Å². The molecule has 26 heavy (non-hydrogen) atoms. The van der Waals surface area contributed by atoms with E-state index < -0.39 is 0 Å². The van der Waals surface area contributed by atoms with Crippen LogP contribution in [-0.4, -0.2) is 21.8 Å². The summed E-state index contributed by atoms with van der Waals surface area (Å²) >= 11 is 1.61. The van der Waals surface area contributed by atoms with E-state index in [9.17, 15) is 0 Å². The number of methoxy groups -OCH3 is 1. The molecule has 1 unspecified atom stereocenters. The number of rotatable bonds is 5. The summed E-state index contributed by atoms with van der Waals surface area (Å²) in [6.07, 6.45) is 0. The molecule has 134 valence electrons. The Morgan fingerprint density at radius 3 is 2.62 bits per heavy atom. The zero-order chi connectivity index (χ0) is 18.1. The maximum absolute atomic E-state index is 5.44. The zero-order valence-electron chi connectivity index (χ0n) is 15.1. The van der Waals surface area contributed by atoms with E-state index in [4.69, 9.17) is 9.84 Å². The summed E-state index contributed by atoms with van der Waals surface area (Å²) in [5, 5.41) is 11.6. The molecule has 0 aliphatic carbocycles. The van der Waals surface area contributed by atoms with Crippen LogP contribution in [0.1, 0.15) is 25.3 Å². The molecule has 0 radical (unpaired) electrons. The number of benzene rings is 2. The van der Waals surface area contributed by atoms with Gasteiger partial charge in [-0.05, 0) is 35.7 Å². The van der Waals surface area contributed by atoms with Crippen molar-refractivity contribution < 1.29 is 4.74 Å². The van der Waals surface area contributed by atoms with Crippen LogP contribution in [0.15, 0.2) is 54.6 Å². The number of anilines is 2. The molecule has 6 heteroatoms. The predicted molar refractivity (Wildman–Crippen MR) is 109 cm³/mol. The van der Waals surface area contributed by atoms with Crippen LogP contribution in [0.2, 0.25) is 0 Å². The fourth-order valence-corrected chi connectivity index (χ4v) is 3.88. The summed E-state index contributed by atoms with van der Waals surface area (Å²) in [4.78, 5) is 0. The van der Waals surface area contributed by atoms with Crippen LogP contribution in [0, 0.1) is 0 Å². The highest BCUT2D eigenvalue weighted by Gasteiger charge is 2.24. The van der Waals surface area contributed by atoms with Crippen LogP contribution in [0.25, 0.3) is 11.3 Å². The van der Waals surface area contributed by atoms with E-state index in [-0.39, 0.29) is 5.50 Å². The van der Waals surface area contributed by atoms with E-state index in [2.05, 4.69) is 48.7 Å². The molecule has 0 spiro atoms. The average molecular weight is 366 g/mol. The molecule has 0 amide bonds. The van der Waals surface area contributed by atoms with E-state index >= 15 is 0 Å². The highest BCUT2D eigenvalue weighted by Crippen LogP contribution is 2.36. The lowest BCUT2D eigenvalue weighted by Crippen LogP contribution is -2.21. The van der Waals surface area contributed by atoms with Gasteiger partial charge >= 0.3 is 0 Å². The van der Waals surface area contributed by atoms with E-state index in [0.717, 1.165) is 28.5 Å². The summed E-state index contributed by atoms with van der Waals surface area (Å²) in [6, 6.07) is 18.6. The Labute approximate surface area is 157 Å². The van der Waals surface area contributed by atoms with Crippen molar-refractivity contribution in [1.29, 1.82) is 0 Å². The molecule has 1 aliphatic rings. The molecule has 2 aromatic carbocycles. The number of hydrogen-bond donors (Lipinski definition) is 2. The van der Waals surface area contributed by atoms with Crippen LogP contribution in [0.4, 0.5) is 11.5 Å². The summed E-state index contributed by atoms with van der Waals surface area (Å²) in [7, 11) is 1.68. The van der Waals surface area contributed by atoms with Gasteiger partial charge in [0.2, 0.25) is 0 Å². The third kappa shape index (κ3) is 3.24. The third-order valence-electron chi connectivity index (χ3n) is 4.42. The molecule has 0 saturated heterocycles. The first-order valence-corrected chi connectivity index (χ1v) is 9.51. The smallest absolute Gasteiger partial charge is 0.168 e. The molecule has 5 nitrogen and oxygen atoms in total. The highest BCUT2D eigenvalue weighted by molar-refractivity contribution is 7.98. The number of nitrogens with one attached hydrogen (secondary N) is 2. The van der Waals surface area contributed by atoms with Gasteiger partial charge in [-0.3, -0.25) is 0 Å². The predicted octanol–water partition coefficient (Wildman–Crippen LogP) is 5.00. The minimum Gasteiger partial charge on any atom is -0.496 e. The maximum Gasteiger partial charge on any atom is 0.168 e. The lowest BCUT2D eigenvalue weighted by molar-refractivity contribution is 0.416. The molecule has 2 heterocycles. The number of para-hydroxylation sites is 1. The fraction of sp³-hybridized carbons (Fsp3) is 0.250. The second-order valence-electron chi connectivity index (χ2n) is 6.54. The van der Waals surface area contributed by atoms with Crippen molar-refractivity contribution in [2.75, 3.05) is 17.7 Å². The Morgan fingerprint density at radius 2 is 1.92 bits per heavy atom. The molecule has 0 fully saturated rings. The van der Waals surface area contributed by atoms with Gasteiger partial charge in [-0.25, -0.2) is 0 Å². The SMILES string of the molecule is COc1ccccc1-c1cc2n(n1)SC(Nc1ccc(C(C)C)cc1)N2. The van der Waals surface area contributed by atoms with E-state index in [1.54, 1.807) is 19.1 Å². The van der Waals surface area contributed by atoms with E-state index in [1.807, 2.05) is 34.4 Å². The Kier molecular flexibility index (Phi) is 4.51. The Balaban J connectivity index is 1.46. The zero-order valence-corrected chi connectivity index (χ0v) is 15.9. The first kappa shape index (κ1) is 16.8. The van der Waals surface area contributed by atoms with Gasteiger partial charge in [0.15, 0.2) is 5.50 Å². The summed E-state index contributed by atoms with van der Waals surface area (Å²) in [5.74, 6) is 2.35. The van der Waals surface area contributed by atoms with Crippen molar-refractivity contribution >= 4 is 23.5 Å². The van der Waals surface area contributed by atoms with Crippen LogP contribution in [0.5, 0.6) is 5.75 Å². The van der Waals surface area contributed by atoms with Gasteiger partial charge in [0.05, 0.1) is 12.8 Å². The molecular weight excluding hydrogens is 344 g/mol. The number of fused-ring (bicyclic) bond motifs is 1. The Morgan fingerprint density at radius 1 is 1.15 bits per heavy atom. The molecular formula is C20H22N4OS. The summed E-state index contributed by atoms with van der Waals surface area (Å²) in [5.41, 5.74) is 4.38. The van der Waals surface area contributed by atoms with E-state index in [1.165, 1.54) is 5.56 Å². The lowest BCUT2D eigenvalue weighted by Gasteiger charge is -2.14. The number of hydrogen-bond acceptors (Lipinski definition) is 5. The van der Waals surface area contributed by atoms with Gasteiger partial charge in [-0.1, -0.05) is 38.1 Å². The molecule has 4 rings (SSSR count). The van der Waals surface area contributed by atoms with E-state index in [0.29, 0.717) is 5.92 Å². The van der Waals surface area contributed by atoms with Gasteiger partial charge in [-0.2, -0.15) is 9.19 Å². The van der Waals surface area contributed by atoms with Crippen molar-refractivity contribution in [3.05, 3.63) is 60.2 Å². The first-order chi connectivity index (χ1) is 12.6. The summed E-state index contributed by atoms with van der Waals surface area (Å²) in [6.45, 7) is 4.41. The minimum absolute atomic E-state index is 0.0501. The number of ether oxygens (including phenoxy) is 1. The van der Waals surface area contributed by atoms with Gasteiger partial charge in [0.25, 0.3) is 0 Å². The van der Waals surface area contributed by atoms with Crippen molar-refractivity contribution in [2.45, 2.75) is 25.3 Å². The second kappa shape index (κ2) is 6.96. The number of nitrogens with zero attached hydrogens (tertiary/aromatic N) is 2. The molecule has 0 saturated carbocycles. The first-order valence-electron chi connectivity index (χ1n) is 8.67. The molecule has 1 aromatic heterocycles. The van der Waals surface area contributed by atoms with Crippen molar-refractivity contribution in [3.63, 3.8) is 0 Å². The van der Waals surface area contributed by atoms with Crippen LogP contribution >= 0.6 is 11.9 Å². The standard InChI is InChI=1S/C20H22N4OS/c1-13(2)14-8-10-15(11-9-14)21-20-22-19-12-17(23-24(19)26-20)16-6-4-5-7-18(16)25-3/h4-13,20-22H,1-3H3. The largest absolute Gasteiger partial charge is 0.496 e. The minimum atomic E-state index is 0.0501. The molecule has 1 atom stereocenters. The van der Waals surface area contributed by atoms with Gasteiger partial charge in [0, 0.05) is 29.3 Å². The van der Waals surface area contributed by atoms with Gasteiger partial charge in [0.1, 0.15) is 11.6 Å². The molecule has 3 aromatic rings. The monoisotopic (exact) mass is 366 g/mol. The normalized spacial score (nSPS) is 15.6. The second-order valence-corrected chi connectivity index (χ2v) is 7.57. The maximum atomic E-state index is 5.44. The Bertz CT molecular complexity index is 881. The van der Waals surface area contributed by atoms with Crippen molar-refractivity contribution in [2.24, 2.45) is 0 Å². The number of aromatic nitrogens is 2. The van der Waals surface area contributed by atoms with Gasteiger partial charge in [-0.15, -0.1) is 0 Å². The fourth-order valence-electron chi connectivity index (χ4n) is 2.97. The van der Waals surface area contributed by atoms with Crippen molar-refractivity contribution in [1.82, 2.24) is 9.19 Å². The molecule has 0 bridgehead atoms. The quantitative estimate of drug-likeness (QED) is 0.665. The summed E-state index contributed by atoms with van der Waals surface area (Å²) < 4.78 is 7.36.